The maximum absolute atomic E-state index is 12.1. The molecule has 2 aromatic rings. The van der Waals surface area contributed by atoms with Crippen LogP contribution in [-0.4, -0.2) is 30.7 Å². The number of amides is 2. The number of hydrogen-bond acceptors (Lipinski definition) is 3. The topological polar surface area (TPSA) is 83.2 Å². The molecule has 23 heavy (non-hydrogen) atoms. The Hall–Kier alpha value is -2.21. The van der Waals surface area contributed by atoms with Gasteiger partial charge in [0.1, 0.15) is 5.75 Å². The molecule has 0 bridgehead atoms. The third-order valence-corrected chi connectivity index (χ3v) is 3.59. The summed E-state index contributed by atoms with van der Waals surface area (Å²) in [6.45, 7) is 4.14. The van der Waals surface area contributed by atoms with Crippen molar-refractivity contribution in [1.82, 2.24) is 15.6 Å². The van der Waals surface area contributed by atoms with Crippen molar-refractivity contribution in [2.24, 2.45) is 0 Å². The lowest BCUT2D eigenvalue weighted by Gasteiger charge is -2.10. The first-order valence-corrected chi connectivity index (χ1v) is 7.72. The van der Waals surface area contributed by atoms with E-state index in [0.717, 1.165) is 5.39 Å². The van der Waals surface area contributed by atoms with E-state index in [1.54, 1.807) is 18.2 Å². The van der Waals surface area contributed by atoms with Gasteiger partial charge in [-0.1, -0.05) is 11.6 Å². The minimum absolute atomic E-state index is 0.0660. The number of aromatic amines is 1. The van der Waals surface area contributed by atoms with E-state index in [2.05, 4.69) is 15.6 Å². The Morgan fingerprint density at radius 1 is 1.35 bits per heavy atom. The average molecular weight is 338 g/mol. The van der Waals surface area contributed by atoms with Gasteiger partial charge in [0.15, 0.2) is 0 Å². The Balaban J connectivity index is 2.15. The molecule has 6 nitrogen and oxygen atoms in total. The minimum atomic E-state index is -0.245. The average Bonchev–Trinajstić information content (AvgIpc) is 2.46. The Kier molecular flexibility index (Phi) is 5.50. The van der Waals surface area contributed by atoms with Gasteiger partial charge < -0.3 is 20.4 Å². The first-order valence-electron chi connectivity index (χ1n) is 7.34. The molecule has 7 heteroatoms. The molecule has 0 fully saturated rings. The normalized spacial score (nSPS) is 10.8. The van der Waals surface area contributed by atoms with Crippen LogP contribution in [0.3, 0.4) is 0 Å². The number of H-pyrrole nitrogens is 1. The van der Waals surface area contributed by atoms with Gasteiger partial charge in [-0.15, -0.1) is 0 Å². The molecule has 0 aliphatic heterocycles. The first kappa shape index (κ1) is 17.1. The van der Waals surface area contributed by atoms with E-state index >= 15 is 0 Å². The number of aromatic nitrogens is 1. The Bertz CT molecular complexity index is 771. The highest BCUT2D eigenvalue weighted by Gasteiger charge is 2.08. The van der Waals surface area contributed by atoms with E-state index in [1.165, 1.54) is 7.11 Å². The van der Waals surface area contributed by atoms with Gasteiger partial charge in [-0.25, -0.2) is 4.79 Å². The van der Waals surface area contributed by atoms with Gasteiger partial charge >= 0.3 is 6.03 Å². The second kappa shape index (κ2) is 7.37. The van der Waals surface area contributed by atoms with Gasteiger partial charge in [-0.05, 0) is 38.5 Å². The fourth-order valence-electron chi connectivity index (χ4n) is 2.22. The zero-order valence-corrected chi connectivity index (χ0v) is 14.1. The zero-order chi connectivity index (χ0) is 17.0. The number of rotatable bonds is 5. The summed E-state index contributed by atoms with van der Waals surface area (Å²) in [6, 6.07) is 5.04. The second-order valence-corrected chi connectivity index (χ2v) is 5.91. The maximum Gasteiger partial charge on any atom is 0.314 e. The Morgan fingerprint density at radius 2 is 2.09 bits per heavy atom. The third kappa shape index (κ3) is 4.39. The summed E-state index contributed by atoms with van der Waals surface area (Å²) in [5, 5.41) is 6.71. The van der Waals surface area contributed by atoms with Gasteiger partial charge in [0.05, 0.1) is 17.6 Å². The van der Waals surface area contributed by atoms with Crippen LogP contribution in [0.25, 0.3) is 10.9 Å². The molecule has 2 rings (SSSR count). The number of benzene rings is 1. The van der Waals surface area contributed by atoms with E-state index in [9.17, 15) is 9.59 Å². The van der Waals surface area contributed by atoms with Gasteiger partial charge in [-0.2, -0.15) is 0 Å². The molecular formula is C16H20ClN3O3. The lowest BCUT2D eigenvalue weighted by molar-refractivity contribution is 0.238. The summed E-state index contributed by atoms with van der Waals surface area (Å²) < 4.78 is 5.18. The Morgan fingerprint density at radius 3 is 2.74 bits per heavy atom. The Labute approximate surface area is 139 Å². The molecule has 0 saturated heterocycles. The molecule has 0 aliphatic carbocycles. The van der Waals surface area contributed by atoms with E-state index < -0.39 is 0 Å². The number of halogens is 1. The highest BCUT2D eigenvalue weighted by atomic mass is 35.5. The zero-order valence-electron chi connectivity index (χ0n) is 13.3. The van der Waals surface area contributed by atoms with Crippen LogP contribution in [-0.2, 0) is 6.42 Å². The predicted octanol–water partition coefficient (Wildman–Crippen LogP) is 2.44. The molecule has 0 unspecified atom stereocenters. The number of ether oxygens (including phenoxy) is 1. The summed E-state index contributed by atoms with van der Waals surface area (Å²) in [5.41, 5.74) is 1.05. The minimum Gasteiger partial charge on any atom is -0.495 e. The number of hydrogen-bond donors (Lipinski definition) is 3. The molecule has 1 aromatic heterocycles. The van der Waals surface area contributed by atoms with Crippen LogP contribution in [0.5, 0.6) is 5.75 Å². The van der Waals surface area contributed by atoms with Crippen molar-refractivity contribution in [1.29, 1.82) is 0 Å². The molecule has 0 saturated carbocycles. The smallest absolute Gasteiger partial charge is 0.314 e. The molecular weight excluding hydrogens is 318 g/mol. The van der Waals surface area contributed by atoms with Crippen LogP contribution >= 0.6 is 11.6 Å². The lowest BCUT2D eigenvalue weighted by atomic mass is 10.1. The summed E-state index contributed by atoms with van der Waals surface area (Å²) in [7, 11) is 1.54. The van der Waals surface area contributed by atoms with Crippen molar-refractivity contribution in [2.45, 2.75) is 26.3 Å². The van der Waals surface area contributed by atoms with Crippen molar-refractivity contribution < 1.29 is 9.53 Å². The van der Waals surface area contributed by atoms with E-state index in [4.69, 9.17) is 16.3 Å². The molecule has 1 aromatic carbocycles. The predicted molar refractivity (Wildman–Crippen MR) is 91.5 cm³/mol. The molecule has 0 atom stereocenters. The van der Waals surface area contributed by atoms with Crippen LogP contribution in [0.15, 0.2) is 23.0 Å². The second-order valence-electron chi connectivity index (χ2n) is 5.50. The van der Waals surface area contributed by atoms with Crippen molar-refractivity contribution >= 4 is 28.5 Å². The summed E-state index contributed by atoms with van der Waals surface area (Å²) >= 11 is 6.05. The summed E-state index contributed by atoms with van der Waals surface area (Å²) in [4.78, 5) is 26.4. The quantitative estimate of drug-likeness (QED) is 0.783. The van der Waals surface area contributed by atoms with Crippen molar-refractivity contribution in [3.05, 3.63) is 39.1 Å². The molecule has 3 N–H and O–H groups in total. The maximum atomic E-state index is 12.1. The van der Waals surface area contributed by atoms with Gasteiger partial charge in [-0.3, -0.25) is 4.79 Å². The molecule has 0 spiro atoms. The number of carbonyl (C=O) groups is 1. The van der Waals surface area contributed by atoms with Crippen molar-refractivity contribution in [3.63, 3.8) is 0 Å². The van der Waals surface area contributed by atoms with Gasteiger partial charge in [0, 0.05) is 23.5 Å². The van der Waals surface area contributed by atoms with Crippen LogP contribution in [0.2, 0.25) is 5.02 Å². The molecule has 2 amide bonds. The van der Waals surface area contributed by atoms with Gasteiger partial charge in [0.2, 0.25) is 0 Å². The molecule has 0 radical (unpaired) electrons. The van der Waals surface area contributed by atoms with Gasteiger partial charge in [0.25, 0.3) is 5.56 Å². The monoisotopic (exact) mass is 337 g/mol. The lowest BCUT2D eigenvalue weighted by Crippen LogP contribution is -2.40. The highest BCUT2D eigenvalue weighted by molar-refractivity contribution is 6.32. The standard InChI is InChI=1S/C16H20ClN3O3/c1-9(2)19-16(22)18-5-4-10-6-11-7-14(23-3)12(17)8-13(11)20-15(10)21/h6-9H,4-5H2,1-3H3,(H,20,21)(H2,18,19,22). The molecule has 124 valence electrons. The number of nitrogens with one attached hydrogen (secondary N) is 3. The van der Waals surface area contributed by atoms with E-state index in [-0.39, 0.29) is 17.6 Å². The largest absolute Gasteiger partial charge is 0.495 e. The van der Waals surface area contributed by atoms with Crippen molar-refractivity contribution in [3.8, 4) is 5.75 Å². The fraction of sp³-hybridized carbons (Fsp3) is 0.375. The summed E-state index contributed by atoms with van der Waals surface area (Å²) in [5.74, 6) is 0.548. The number of carbonyl (C=O) groups excluding carboxylic acids is 1. The fourth-order valence-corrected chi connectivity index (χ4v) is 2.46. The number of pyridine rings is 1. The van der Waals surface area contributed by atoms with Crippen LogP contribution < -0.4 is 20.9 Å². The van der Waals surface area contributed by atoms with E-state index in [1.807, 2.05) is 13.8 Å². The highest BCUT2D eigenvalue weighted by Crippen LogP contribution is 2.28. The SMILES string of the molecule is COc1cc2cc(CCNC(=O)NC(C)C)c(=O)[nH]c2cc1Cl. The van der Waals surface area contributed by atoms with Crippen molar-refractivity contribution in [2.75, 3.05) is 13.7 Å². The number of fused-ring (bicyclic) bond motifs is 1. The molecule has 1 heterocycles. The molecule has 0 aliphatic rings. The first-order chi connectivity index (χ1) is 10.9. The van der Waals surface area contributed by atoms with Crippen LogP contribution in [0.1, 0.15) is 19.4 Å². The van der Waals surface area contributed by atoms with Crippen LogP contribution in [0, 0.1) is 0 Å². The van der Waals surface area contributed by atoms with Crippen LogP contribution in [0.4, 0.5) is 4.79 Å². The third-order valence-electron chi connectivity index (χ3n) is 3.29. The number of urea groups is 1. The number of methoxy groups -OCH3 is 1. The van der Waals surface area contributed by atoms with E-state index in [0.29, 0.717) is 34.8 Å². The summed E-state index contributed by atoms with van der Waals surface area (Å²) in [6.07, 6.45) is 0.432.